The van der Waals surface area contributed by atoms with Crippen molar-refractivity contribution in [2.75, 3.05) is 20.1 Å². The zero-order valence-electron chi connectivity index (χ0n) is 14.9. The minimum atomic E-state index is -4.85. The Labute approximate surface area is 158 Å². The minimum absolute atomic E-state index is 0.0937. The van der Waals surface area contributed by atoms with Crippen LogP contribution < -0.4 is 10.1 Å². The molecule has 0 spiro atoms. The second-order valence-corrected chi connectivity index (χ2v) is 6.06. The lowest BCUT2D eigenvalue weighted by Gasteiger charge is -2.17. The number of carbonyl (C=O) groups excluding carboxylic acids is 2. The normalized spacial score (nSPS) is 15.9. The Morgan fingerprint density at radius 2 is 2.11 bits per heavy atom. The van der Waals surface area contributed by atoms with Gasteiger partial charge in [0.15, 0.2) is 0 Å². The summed E-state index contributed by atoms with van der Waals surface area (Å²) in [4.78, 5) is 34.4. The quantitative estimate of drug-likeness (QED) is 0.864. The van der Waals surface area contributed by atoms with E-state index in [1.165, 1.54) is 23.2 Å². The molecule has 1 N–H and O–H groups in total. The van der Waals surface area contributed by atoms with Crippen molar-refractivity contribution in [3.05, 3.63) is 36.0 Å². The number of nitrogens with one attached hydrogen (secondary N) is 1. The van der Waals surface area contributed by atoms with Gasteiger partial charge in [0, 0.05) is 31.6 Å². The Morgan fingerprint density at radius 3 is 2.82 bits per heavy atom. The van der Waals surface area contributed by atoms with E-state index in [9.17, 15) is 22.8 Å². The van der Waals surface area contributed by atoms with Gasteiger partial charge >= 0.3 is 6.36 Å². The maximum absolute atomic E-state index is 12.5. The molecule has 148 valence electrons. The van der Waals surface area contributed by atoms with Crippen LogP contribution in [0.15, 0.2) is 35.5 Å². The van der Waals surface area contributed by atoms with Crippen LogP contribution in [0.25, 0.3) is 10.9 Å². The summed E-state index contributed by atoms with van der Waals surface area (Å²) in [7, 11) is 1.60. The van der Waals surface area contributed by atoms with Gasteiger partial charge in [-0.25, -0.2) is 0 Å². The zero-order chi connectivity index (χ0) is 20.3. The van der Waals surface area contributed by atoms with Crippen molar-refractivity contribution in [2.24, 2.45) is 4.99 Å². The molecule has 7 nitrogen and oxygen atoms in total. The summed E-state index contributed by atoms with van der Waals surface area (Å²) in [6.45, 7) is 0.290. The lowest BCUT2D eigenvalue weighted by Crippen LogP contribution is -2.40. The summed E-state index contributed by atoms with van der Waals surface area (Å²) in [6.07, 6.45) is -1.97. The van der Waals surface area contributed by atoms with Crippen molar-refractivity contribution < 1.29 is 27.5 Å². The van der Waals surface area contributed by atoms with Crippen LogP contribution >= 0.6 is 0 Å². The summed E-state index contributed by atoms with van der Waals surface area (Å²) in [6, 6.07) is 4.91. The van der Waals surface area contributed by atoms with E-state index in [4.69, 9.17) is 0 Å². The van der Waals surface area contributed by atoms with Gasteiger partial charge in [0.05, 0.1) is 17.6 Å². The standard InChI is InChI=1S/C18H17F3N4O3/c1-22-15-3-2-8-25(15)16(26)10-24-17(27)12-6-7-23-14-5-4-11(9-13(12)14)28-18(19,20)21/h4-7,9H,2-3,8,10H2,1H3,(H,24,27). The molecule has 1 aromatic carbocycles. The molecule has 1 saturated heterocycles. The fourth-order valence-electron chi connectivity index (χ4n) is 3.03. The topological polar surface area (TPSA) is 83.9 Å². The average molecular weight is 394 g/mol. The summed E-state index contributed by atoms with van der Waals surface area (Å²) in [5.74, 6) is -0.688. The van der Waals surface area contributed by atoms with Crippen molar-refractivity contribution in [3.8, 4) is 5.75 Å². The fourth-order valence-corrected chi connectivity index (χ4v) is 3.03. The summed E-state index contributed by atoms with van der Waals surface area (Å²) < 4.78 is 41.3. The predicted octanol–water partition coefficient (Wildman–Crippen LogP) is 2.51. The molecular formula is C18H17F3N4O3. The highest BCUT2D eigenvalue weighted by Crippen LogP contribution is 2.27. The van der Waals surface area contributed by atoms with E-state index in [0.29, 0.717) is 24.3 Å². The third kappa shape index (κ3) is 4.38. The molecule has 3 rings (SSSR count). The van der Waals surface area contributed by atoms with Gasteiger partial charge in [0.25, 0.3) is 5.91 Å². The number of carbonyl (C=O) groups is 2. The van der Waals surface area contributed by atoms with E-state index in [-0.39, 0.29) is 23.4 Å². The Kier molecular flexibility index (Phi) is 5.48. The molecule has 0 unspecified atom stereocenters. The van der Waals surface area contributed by atoms with E-state index >= 15 is 0 Å². The number of rotatable bonds is 4. The third-order valence-corrected chi connectivity index (χ3v) is 4.24. The number of fused-ring (bicyclic) bond motifs is 1. The first-order valence-electron chi connectivity index (χ1n) is 8.47. The van der Waals surface area contributed by atoms with Gasteiger partial charge in [-0.3, -0.25) is 24.5 Å². The molecule has 10 heteroatoms. The summed E-state index contributed by atoms with van der Waals surface area (Å²) >= 11 is 0. The van der Waals surface area contributed by atoms with Crippen molar-refractivity contribution in [2.45, 2.75) is 19.2 Å². The molecular weight excluding hydrogens is 377 g/mol. The van der Waals surface area contributed by atoms with Gasteiger partial charge in [-0.05, 0) is 30.7 Å². The Bertz CT molecular complexity index is 943. The van der Waals surface area contributed by atoms with Crippen molar-refractivity contribution >= 4 is 28.6 Å². The van der Waals surface area contributed by atoms with Crippen LogP contribution in [0.1, 0.15) is 23.2 Å². The maximum Gasteiger partial charge on any atom is 0.573 e. The van der Waals surface area contributed by atoms with Gasteiger partial charge in [-0.15, -0.1) is 13.2 Å². The number of hydrogen-bond donors (Lipinski definition) is 1. The van der Waals surface area contributed by atoms with Gasteiger partial charge in [0.1, 0.15) is 11.6 Å². The van der Waals surface area contributed by atoms with Gasteiger partial charge in [-0.2, -0.15) is 0 Å². The van der Waals surface area contributed by atoms with E-state index in [1.807, 2.05) is 0 Å². The lowest BCUT2D eigenvalue weighted by molar-refractivity contribution is -0.274. The number of nitrogens with zero attached hydrogens (tertiary/aromatic N) is 3. The monoisotopic (exact) mass is 394 g/mol. The van der Waals surface area contributed by atoms with Gasteiger partial charge in [-0.1, -0.05) is 0 Å². The molecule has 0 atom stereocenters. The molecule has 2 heterocycles. The van der Waals surface area contributed by atoms with Crippen LogP contribution in [-0.2, 0) is 4.79 Å². The van der Waals surface area contributed by atoms with Crippen molar-refractivity contribution in [3.63, 3.8) is 0 Å². The SMILES string of the molecule is CN=C1CCCN1C(=O)CNC(=O)c1ccnc2ccc(OC(F)(F)F)cc12. The number of hydrogen-bond acceptors (Lipinski definition) is 5. The smallest absolute Gasteiger partial charge is 0.406 e. The first kappa shape index (κ1) is 19.6. The third-order valence-electron chi connectivity index (χ3n) is 4.24. The number of alkyl halides is 3. The number of aliphatic imine (C=N–C) groups is 1. The van der Waals surface area contributed by atoms with E-state index < -0.39 is 18.0 Å². The largest absolute Gasteiger partial charge is 0.573 e. The molecule has 2 amide bonds. The first-order chi connectivity index (χ1) is 13.3. The number of ether oxygens (including phenoxy) is 1. The number of likely N-dealkylation sites (tertiary alicyclic amines) is 1. The lowest BCUT2D eigenvalue weighted by atomic mass is 10.1. The summed E-state index contributed by atoms with van der Waals surface area (Å²) in [5.41, 5.74) is 0.421. The van der Waals surface area contributed by atoms with Crippen LogP contribution in [0.4, 0.5) is 13.2 Å². The highest BCUT2D eigenvalue weighted by molar-refractivity contribution is 6.08. The number of amides is 2. The summed E-state index contributed by atoms with van der Waals surface area (Å²) in [5, 5.41) is 2.69. The second-order valence-electron chi connectivity index (χ2n) is 6.06. The molecule has 0 saturated carbocycles. The number of halogens is 3. The fraction of sp³-hybridized carbons (Fsp3) is 0.333. The van der Waals surface area contributed by atoms with E-state index in [2.05, 4.69) is 20.0 Å². The van der Waals surface area contributed by atoms with Crippen LogP contribution in [0.2, 0.25) is 0 Å². The molecule has 1 aliphatic rings. The molecule has 1 aliphatic heterocycles. The van der Waals surface area contributed by atoms with Crippen LogP contribution in [0.3, 0.4) is 0 Å². The molecule has 2 aromatic rings. The molecule has 1 fully saturated rings. The molecule has 1 aromatic heterocycles. The van der Waals surface area contributed by atoms with Crippen molar-refractivity contribution in [1.82, 2.24) is 15.2 Å². The van der Waals surface area contributed by atoms with Gasteiger partial charge in [0.2, 0.25) is 5.91 Å². The van der Waals surface area contributed by atoms with Crippen LogP contribution in [0.5, 0.6) is 5.75 Å². The zero-order valence-corrected chi connectivity index (χ0v) is 14.9. The number of amidine groups is 1. The molecule has 0 aliphatic carbocycles. The molecule has 28 heavy (non-hydrogen) atoms. The van der Waals surface area contributed by atoms with E-state index in [1.54, 1.807) is 7.05 Å². The van der Waals surface area contributed by atoms with E-state index in [0.717, 1.165) is 18.6 Å². The Morgan fingerprint density at radius 1 is 1.32 bits per heavy atom. The Balaban J connectivity index is 1.77. The van der Waals surface area contributed by atoms with Crippen molar-refractivity contribution in [1.29, 1.82) is 0 Å². The number of pyridine rings is 1. The minimum Gasteiger partial charge on any atom is -0.406 e. The highest BCUT2D eigenvalue weighted by atomic mass is 19.4. The highest BCUT2D eigenvalue weighted by Gasteiger charge is 2.31. The average Bonchev–Trinajstić information content (AvgIpc) is 3.13. The predicted molar refractivity (Wildman–Crippen MR) is 95.1 cm³/mol. The van der Waals surface area contributed by atoms with Gasteiger partial charge < -0.3 is 10.1 Å². The number of benzene rings is 1. The maximum atomic E-state index is 12.5. The Hall–Kier alpha value is -3.17. The first-order valence-corrected chi connectivity index (χ1v) is 8.47. The van der Waals surface area contributed by atoms with Crippen LogP contribution in [-0.4, -0.2) is 54.0 Å². The number of aromatic nitrogens is 1. The van der Waals surface area contributed by atoms with Crippen LogP contribution in [0, 0.1) is 0 Å². The molecule has 0 radical (unpaired) electrons. The second kappa shape index (κ2) is 7.83. The molecule has 0 bridgehead atoms.